The Labute approximate surface area is 122 Å². The first-order valence-electron chi connectivity index (χ1n) is 7.00. The maximum Gasteiger partial charge on any atom is 0.251 e. The quantitative estimate of drug-likeness (QED) is 0.884. The zero-order chi connectivity index (χ0) is 14.8. The van der Waals surface area contributed by atoms with E-state index >= 15 is 0 Å². The molecule has 3 rings (SSSR count). The monoisotopic (exact) mass is 289 g/mol. The first kappa shape index (κ1) is 14.0. The molecule has 1 fully saturated rings. The Morgan fingerprint density at radius 3 is 3.10 bits per heavy atom. The Morgan fingerprint density at radius 1 is 1.52 bits per heavy atom. The fourth-order valence-corrected chi connectivity index (χ4v) is 2.52. The second-order valence-electron chi connectivity index (χ2n) is 5.32. The molecule has 3 heterocycles. The lowest BCUT2D eigenvalue weighted by atomic mass is 10.2. The molecule has 0 aliphatic carbocycles. The number of ether oxygens (including phenoxy) is 1. The lowest BCUT2D eigenvalue weighted by Gasteiger charge is -2.32. The first-order valence-corrected chi connectivity index (χ1v) is 7.00. The maximum absolute atomic E-state index is 11.6. The number of nitrogens with zero attached hydrogens (tertiary/aromatic N) is 4. The summed E-state index contributed by atoms with van der Waals surface area (Å²) < 4.78 is 7.76. The number of morpholine rings is 1. The number of nitrogens with one attached hydrogen (secondary N) is 1. The van der Waals surface area contributed by atoms with E-state index in [4.69, 9.17) is 4.74 Å². The van der Waals surface area contributed by atoms with E-state index in [1.165, 1.54) is 6.07 Å². The Balaban J connectivity index is 1.73. The van der Waals surface area contributed by atoms with Gasteiger partial charge in [-0.15, -0.1) is 0 Å². The second-order valence-corrected chi connectivity index (χ2v) is 5.32. The number of aromatic nitrogens is 4. The first-order chi connectivity index (χ1) is 10.1. The molecule has 0 spiro atoms. The van der Waals surface area contributed by atoms with E-state index in [9.17, 15) is 4.79 Å². The van der Waals surface area contributed by atoms with E-state index in [-0.39, 0.29) is 11.7 Å². The summed E-state index contributed by atoms with van der Waals surface area (Å²) in [4.78, 5) is 25.3. The summed E-state index contributed by atoms with van der Waals surface area (Å²) in [7, 11) is 1.99. The molecule has 0 bridgehead atoms. The molecule has 0 amide bonds. The highest BCUT2D eigenvalue weighted by Crippen LogP contribution is 2.19. The van der Waals surface area contributed by atoms with Gasteiger partial charge in [0.05, 0.1) is 13.2 Å². The molecule has 21 heavy (non-hydrogen) atoms. The van der Waals surface area contributed by atoms with Crippen LogP contribution in [0.25, 0.3) is 0 Å². The lowest BCUT2D eigenvalue weighted by molar-refractivity contribution is -0.0383. The number of aromatic amines is 1. The van der Waals surface area contributed by atoms with Crippen molar-refractivity contribution < 1.29 is 4.74 Å². The van der Waals surface area contributed by atoms with E-state index < -0.39 is 0 Å². The molecule has 2 aromatic rings. The fraction of sp³-hybridized carbons (Fsp3) is 0.500. The highest BCUT2D eigenvalue weighted by molar-refractivity contribution is 5.04. The average Bonchev–Trinajstić information content (AvgIpc) is 2.84. The number of imidazole rings is 1. The van der Waals surface area contributed by atoms with Gasteiger partial charge in [0.1, 0.15) is 17.8 Å². The zero-order valence-corrected chi connectivity index (χ0v) is 12.2. The number of aryl methyl sites for hydroxylation is 2. The van der Waals surface area contributed by atoms with Gasteiger partial charge in [0.2, 0.25) is 0 Å². The molecule has 0 unspecified atom stereocenters. The fourth-order valence-electron chi connectivity index (χ4n) is 2.52. The molecule has 1 atom stereocenters. The molecule has 0 saturated carbocycles. The van der Waals surface area contributed by atoms with Crippen molar-refractivity contribution in [3.63, 3.8) is 0 Å². The molecule has 7 nitrogen and oxygen atoms in total. The number of hydrogen-bond donors (Lipinski definition) is 1. The molecule has 0 radical (unpaired) electrons. The average molecular weight is 289 g/mol. The smallest absolute Gasteiger partial charge is 0.251 e. The van der Waals surface area contributed by atoms with Gasteiger partial charge in [-0.3, -0.25) is 9.69 Å². The van der Waals surface area contributed by atoms with Crippen molar-refractivity contribution in [2.45, 2.75) is 19.6 Å². The minimum atomic E-state index is -0.202. The SMILES string of the molecule is Cc1cc(=O)[nH]c([C@@H]2CN(Cc3nccn3C)CCO2)n1. The molecule has 0 aromatic carbocycles. The third-order valence-corrected chi connectivity index (χ3v) is 3.63. The molecule has 7 heteroatoms. The van der Waals surface area contributed by atoms with Gasteiger partial charge in [0.25, 0.3) is 5.56 Å². The zero-order valence-electron chi connectivity index (χ0n) is 12.2. The lowest BCUT2D eigenvalue weighted by Crippen LogP contribution is -2.39. The molecular formula is C14H19N5O2. The third-order valence-electron chi connectivity index (χ3n) is 3.63. The van der Waals surface area contributed by atoms with E-state index in [2.05, 4.69) is 19.9 Å². The van der Waals surface area contributed by atoms with Crippen LogP contribution in [0.4, 0.5) is 0 Å². The predicted octanol–water partition coefficient (Wildman–Crippen LogP) is 0.385. The van der Waals surface area contributed by atoms with Gasteiger partial charge in [-0.25, -0.2) is 9.97 Å². The van der Waals surface area contributed by atoms with Gasteiger partial charge >= 0.3 is 0 Å². The van der Waals surface area contributed by atoms with Crippen LogP contribution >= 0.6 is 0 Å². The van der Waals surface area contributed by atoms with Gasteiger partial charge in [0.15, 0.2) is 0 Å². The Bertz CT molecular complexity index is 678. The molecule has 1 N–H and O–H groups in total. The van der Waals surface area contributed by atoms with Crippen molar-refractivity contribution in [3.05, 3.63) is 46.2 Å². The third kappa shape index (κ3) is 3.20. The summed E-state index contributed by atoms with van der Waals surface area (Å²) in [5, 5.41) is 0. The molecule has 1 saturated heterocycles. The number of H-pyrrole nitrogens is 1. The normalized spacial score (nSPS) is 19.8. The van der Waals surface area contributed by atoms with Crippen LogP contribution in [-0.4, -0.2) is 44.1 Å². The van der Waals surface area contributed by atoms with Crippen LogP contribution in [0, 0.1) is 6.92 Å². The Kier molecular flexibility index (Phi) is 3.85. The standard InChI is InChI=1S/C14H19N5O2/c1-10-7-13(20)17-14(16-10)11-8-19(5-6-21-11)9-12-15-3-4-18(12)2/h3-4,7,11H,5-6,8-9H2,1-2H3,(H,16,17,20)/t11-/m0/s1. The summed E-state index contributed by atoms with van der Waals surface area (Å²) in [6.45, 7) is 4.73. The van der Waals surface area contributed by atoms with Gasteiger partial charge in [-0.1, -0.05) is 0 Å². The van der Waals surface area contributed by atoms with Crippen LogP contribution in [0.15, 0.2) is 23.3 Å². The van der Waals surface area contributed by atoms with Gasteiger partial charge < -0.3 is 14.3 Å². The minimum absolute atomic E-state index is 0.137. The Morgan fingerprint density at radius 2 is 2.38 bits per heavy atom. The molecule has 1 aliphatic heterocycles. The van der Waals surface area contributed by atoms with Crippen molar-refractivity contribution in [2.75, 3.05) is 19.7 Å². The number of rotatable bonds is 3. The van der Waals surface area contributed by atoms with E-state index in [0.717, 1.165) is 18.9 Å². The van der Waals surface area contributed by atoms with Crippen molar-refractivity contribution in [1.82, 2.24) is 24.4 Å². The highest BCUT2D eigenvalue weighted by atomic mass is 16.5. The largest absolute Gasteiger partial charge is 0.368 e. The van der Waals surface area contributed by atoms with Crippen LogP contribution in [0.3, 0.4) is 0 Å². The summed E-state index contributed by atoms with van der Waals surface area (Å²) in [5.74, 6) is 1.62. The molecule has 1 aliphatic rings. The van der Waals surface area contributed by atoms with Crippen LogP contribution in [0.5, 0.6) is 0 Å². The van der Waals surface area contributed by atoms with Crippen molar-refractivity contribution in [1.29, 1.82) is 0 Å². The minimum Gasteiger partial charge on any atom is -0.368 e. The van der Waals surface area contributed by atoms with E-state index in [1.807, 2.05) is 24.7 Å². The van der Waals surface area contributed by atoms with Crippen molar-refractivity contribution in [2.24, 2.45) is 7.05 Å². The molecule has 112 valence electrons. The second kappa shape index (κ2) is 5.79. The van der Waals surface area contributed by atoms with Crippen molar-refractivity contribution >= 4 is 0 Å². The van der Waals surface area contributed by atoms with Crippen LogP contribution < -0.4 is 5.56 Å². The summed E-state index contributed by atoms with van der Waals surface area (Å²) in [6.07, 6.45) is 3.53. The van der Waals surface area contributed by atoms with E-state index in [0.29, 0.717) is 24.7 Å². The van der Waals surface area contributed by atoms with Gasteiger partial charge in [-0.2, -0.15) is 0 Å². The van der Waals surface area contributed by atoms with E-state index in [1.54, 1.807) is 6.20 Å². The topological polar surface area (TPSA) is 76.0 Å². The van der Waals surface area contributed by atoms with Crippen LogP contribution in [0.2, 0.25) is 0 Å². The summed E-state index contributed by atoms with van der Waals surface area (Å²) in [6, 6.07) is 1.48. The highest BCUT2D eigenvalue weighted by Gasteiger charge is 2.24. The van der Waals surface area contributed by atoms with Crippen LogP contribution in [-0.2, 0) is 18.3 Å². The summed E-state index contributed by atoms with van der Waals surface area (Å²) >= 11 is 0. The predicted molar refractivity (Wildman–Crippen MR) is 76.8 cm³/mol. The molecule has 2 aromatic heterocycles. The Hall–Kier alpha value is -1.99. The summed E-state index contributed by atoms with van der Waals surface area (Å²) in [5.41, 5.74) is 0.570. The molecular weight excluding hydrogens is 270 g/mol. The van der Waals surface area contributed by atoms with Gasteiger partial charge in [-0.05, 0) is 6.92 Å². The van der Waals surface area contributed by atoms with Crippen molar-refractivity contribution in [3.8, 4) is 0 Å². The van der Waals surface area contributed by atoms with Crippen LogP contribution in [0.1, 0.15) is 23.4 Å². The maximum atomic E-state index is 11.6. The number of hydrogen-bond acceptors (Lipinski definition) is 5. The van der Waals surface area contributed by atoms with Gasteiger partial charge in [0, 0.05) is 44.3 Å².